The number of benzene rings is 1. The molecule has 0 saturated heterocycles. The van der Waals surface area contributed by atoms with Gasteiger partial charge in [0.05, 0.1) is 0 Å². The molecule has 0 saturated carbocycles. The molecule has 1 amide bonds. The van der Waals surface area contributed by atoms with Gasteiger partial charge in [0.2, 0.25) is 0 Å². The van der Waals surface area contributed by atoms with E-state index in [9.17, 15) is 13.6 Å². The van der Waals surface area contributed by atoms with Crippen LogP contribution in [-0.4, -0.2) is 23.1 Å². The molecule has 0 bridgehead atoms. The first kappa shape index (κ1) is 15.6. The Kier molecular flexibility index (Phi) is 4.68. The highest BCUT2D eigenvalue weighted by molar-refractivity contribution is 6.59. The topological polar surface area (TPSA) is 69.6 Å². The van der Waals surface area contributed by atoms with Crippen LogP contribution in [0.25, 0.3) is 0 Å². The van der Waals surface area contributed by atoms with Gasteiger partial charge >= 0.3 is 12.5 Å². The van der Waals surface area contributed by atoms with Gasteiger partial charge in [-0.05, 0) is 42.2 Å². The van der Waals surface area contributed by atoms with Crippen molar-refractivity contribution in [3.8, 4) is 0 Å². The molecular formula is C11H11BClF2NO3. The van der Waals surface area contributed by atoms with Crippen LogP contribution < -0.4 is 10.8 Å². The van der Waals surface area contributed by atoms with Crippen molar-refractivity contribution >= 4 is 35.8 Å². The van der Waals surface area contributed by atoms with E-state index in [1.807, 2.05) is 0 Å². The van der Waals surface area contributed by atoms with Gasteiger partial charge in [0, 0.05) is 16.8 Å². The maximum atomic E-state index is 13.0. The van der Waals surface area contributed by atoms with Crippen molar-refractivity contribution in [1.82, 2.24) is 0 Å². The Balaban J connectivity index is 3.17. The number of hydrogen-bond donors (Lipinski definition) is 3. The predicted octanol–water partition coefficient (Wildman–Crippen LogP) is 1.17. The van der Waals surface area contributed by atoms with Gasteiger partial charge < -0.3 is 15.4 Å². The van der Waals surface area contributed by atoms with Crippen molar-refractivity contribution in [1.29, 1.82) is 0 Å². The Bertz CT molecular complexity index is 517. The molecule has 0 fully saturated rings. The molecule has 0 aromatic heterocycles. The van der Waals surface area contributed by atoms with Gasteiger partial charge in [0.25, 0.3) is 5.91 Å². The van der Waals surface area contributed by atoms with Crippen LogP contribution in [0.5, 0.6) is 0 Å². The first-order chi connectivity index (χ1) is 8.62. The van der Waals surface area contributed by atoms with Crippen LogP contribution in [0.2, 0.25) is 0 Å². The third-order valence-corrected chi connectivity index (χ3v) is 2.48. The number of alkyl halides is 3. The Labute approximate surface area is 113 Å². The number of nitrogens with one attached hydrogen (secondary N) is 1. The van der Waals surface area contributed by atoms with Gasteiger partial charge in [-0.1, -0.05) is 6.58 Å². The molecule has 0 aliphatic rings. The first-order valence-electron chi connectivity index (χ1n) is 5.17. The number of rotatable bonds is 4. The van der Waals surface area contributed by atoms with Gasteiger partial charge in [0.15, 0.2) is 0 Å². The summed E-state index contributed by atoms with van der Waals surface area (Å²) in [6.07, 6.45) is 0. The maximum Gasteiger partial charge on any atom is 0.489 e. The normalized spacial score (nSPS) is 11.1. The monoisotopic (exact) mass is 289 g/mol. The van der Waals surface area contributed by atoms with Gasteiger partial charge in [-0.2, -0.15) is 8.78 Å². The standard InChI is InChI=1S/C11H11BClF2NO3/c1-6(2)10(17)16-7-3-4-8(11(13,14)15)9(5-7)12(18)19/h3-5,18-19H,1H2,2H3,(H,16,17). The van der Waals surface area contributed by atoms with Crippen LogP contribution in [0, 0.1) is 0 Å². The van der Waals surface area contributed by atoms with E-state index in [0.717, 1.165) is 12.1 Å². The second kappa shape index (κ2) is 5.69. The molecule has 4 nitrogen and oxygen atoms in total. The third kappa shape index (κ3) is 4.02. The van der Waals surface area contributed by atoms with E-state index >= 15 is 0 Å². The van der Waals surface area contributed by atoms with Crippen LogP contribution >= 0.6 is 11.6 Å². The SMILES string of the molecule is C=C(C)C(=O)Nc1ccc(C(F)(F)Cl)c(B(O)O)c1. The number of carbonyl (C=O) groups excluding carboxylic acids is 1. The van der Waals surface area contributed by atoms with E-state index in [2.05, 4.69) is 11.9 Å². The van der Waals surface area contributed by atoms with Crippen molar-refractivity contribution in [2.75, 3.05) is 5.32 Å². The number of carbonyl (C=O) groups is 1. The fourth-order valence-electron chi connectivity index (χ4n) is 1.35. The molecule has 0 aliphatic heterocycles. The molecule has 1 rings (SSSR count). The van der Waals surface area contributed by atoms with Crippen molar-refractivity contribution in [2.24, 2.45) is 0 Å². The molecule has 1 aromatic carbocycles. The van der Waals surface area contributed by atoms with Crippen LogP contribution in [0.3, 0.4) is 0 Å². The van der Waals surface area contributed by atoms with E-state index in [4.69, 9.17) is 21.6 Å². The summed E-state index contributed by atoms with van der Waals surface area (Å²) in [5, 5.41) is 16.8. The minimum Gasteiger partial charge on any atom is -0.423 e. The summed E-state index contributed by atoms with van der Waals surface area (Å²) < 4.78 is 26.1. The van der Waals surface area contributed by atoms with Crippen molar-refractivity contribution in [3.05, 3.63) is 35.9 Å². The molecule has 1 aromatic rings. The second-order valence-electron chi connectivity index (χ2n) is 3.91. The summed E-state index contributed by atoms with van der Waals surface area (Å²) in [5.74, 6) is -0.510. The molecule has 3 N–H and O–H groups in total. The van der Waals surface area contributed by atoms with Crippen molar-refractivity contribution in [3.63, 3.8) is 0 Å². The second-order valence-corrected chi connectivity index (χ2v) is 4.38. The fourth-order valence-corrected chi connectivity index (χ4v) is 1.52. The molecule has 0 aliphatic carbocycles. The minimum atomic E-state index is -3.74. The molecular weight excluding hydrogens is 278 g/mol. The quantitative estimate of drug-likeness (QED) is 0.443. The van der Waals surface area contributed by atoms with E-state index in [0.29, 0.717) is 0 Å². The van der Waals surface area contributed by atoms with Crippen LogP contribution in [0.1, 0.15) is 12.5 Å². The van der Waals surface area contributed by atoms with E-state index < -0.39 is 29.4 Å². The Hall–Kier alpha value is -1.44. The van der Waals surface area contributed by atoms with Gasteiger partial charge in [0.1, 0.15) is 0 Å². The van der Waals surface area contributed by atoms with Crippen molar-refractivity contribution < 1.29 is 23.6 Å². The summed E-state index contributed by atoms with van der Waals surface area (Å²) in [5.41, 5.74) is -0.879. The number of amides is 1. The lowest BCUT2D eigenvalue weighted by Crippen LogP contribution is -2.36. The summed E-state index contributed by atoms with van der Waals surface area (Å²) in [6, 6.07) is 3.10. The minimum absolute atomic E-state index is 0.126. The highest BCUT2D eigenvalue weighted by Crippen LogP contribution is 2.31. The molecule has 0 spiro atoms. The highest BCUT2D eigenvalue weighted by Gasteiger charge is 2.34. The van der Waals surface area contributed by atoms with E-state index in [1.54, 1.807) is 0 Å². The van der Waals surface area contributed by atoms with E-state index in [1.165, 1.54) is 13.0 Å². The maximum absolute atomic E-state index is 13.0. The van der Waals surface area contributed by atoms with Crippen molar-refractivity contribution in [2.45, 2.75) is 12.3 Å². The number of hydrogen-bond acceptors (Lipinski definition) is 3. The van der Waals surface area contributed by atoms with Gasteiger partial charge in [-0.25, -0.2) is 0 Å². The summed E-state index contributed by atoms with van der Waals surface area (Å²) in [6.45, 7) is 4.88. The molecule has 0 heterocycles. The third-order valence-electron chi connectivity index (χ3n) is 2.28. The highest BCUT2D eigenvalue weighted by atomic mass is 35.5. The zero-order valence-corrected chi connectivity index (χ0v) is 10.7. The lowest BCUT2D eigenvalue weighted by atomic mass is 9.76. The molecule has 8 heteroatoms. The Morgan fingerprint density at radius 1 is 1.47 bits per heavy atom. The van der Waals surface area contributed by atoms with E-state index in [-0.39, 0.29) is 11.3 Å². The zero-order chi connectivity index (χ0) is 14.8. The molecule has 0 radical (unpaired) electrons. The lowest BCUT2D eigenvalue weighted by molar-refractivity contribution is -0.112. The van der Waals surface area contributed by atoms with Gasteiger partial charge in [-0.15, -0.1) is 0 Å². The summed E-state index contributed by atoms with van der Waals surface area (Å²) in [4.78, 5) is 11.4. The van der Waals surface area contributed by atoms with Crippen LogP contribution in [-0.2, 0) is 10.2 Å². The smallest absolute Gasteiger partial charge is 0.423 e. The number of anilines is 1. The fraction of sp³-hybridized carbons (Fsp3) is 0.182. The largest absolute Gasteiger partial charge is 0.489 e. The summed E-state index contributed by atoms with van der Waals surface area (Å²) >= 11 is 4.86. The average Bonchev–Trinajstić information content (AvgIpc) is 2.27. The van der Waals surface area contributed by atoms with Crippen LogP contribution in [0.15, 0.2) is 30.4 Å². The zero-order valence-electron chi connectivity index (χ0n) is 9.95. The molecule has 0 unspecified atom stereocenters. The predicted molar refractivity (Wildman–Crippen MR) is 69.5 cm³/mol. The molecule has 102 valence electrons. The number of halogens is 3. The van der Waals surface area contributed by atoms with Crippen LogP contribution in [0.4, 0.5) is 14.5 Å². The Morgan fingerprint density at radius 2 is 2.05 bits per heavy atom. The van der Waals surface area contributed by atoms with Gasteiger partial charge in [-0.3, -0.25) is 4.79 Å². The molecule has 0 atom stereocenters. The lowest BCUT2D eigenvalue weighted by Gasteiger charge is -2.15. The Morgan fingerprint density at radius 3 is 2.47 bits per heavy atom. The average molecular weight is 289 g/mol. The molecule has 19 heavy (non-hydrogen) atoms. The first-order valence-corrected chi connectivity index (χ1v) is 5.55. The summed E-state index contributed by atoms with van der Waals surface area (Å²) in [7, 11) is -2.14.